The summed E-state index contributed by atoms with van der Waals surface area (Å²) in [5.41, 5.74) is 0.862. The summed E-state index contributed by atoms with van der Waals surface area (Å²) in [4.78, 5) is 34.9. The van der Waals surface area contributed by atoms with Gasteiger partial charge in [-0.25, -0.2) is 4.79 Å². The van der Waals surface area contributed by atoms with Crippen LogP contribution in [0.25, 0.3) is 0 Å². The van der Waals surface area contributed by atoms with Crippen molar-refractivity contribution in [2.24, 2.45) is 11.8 Å². The number of allylic oxidation sites excluding steroid dienone is 1. The number of esters is 1. The van der Waals surface area contributed by atoms with E-state index < -0.39 is 29.9 Å². The van der Waals surface area contributed by atoms with Crippen molar-refractivity contribution in [1.82, 2.24) is 5.32 Å². The Morgan fingerprint density at radius 2 is 2.04 bits per heavy atom. The summed E-state index contributed by atoms with van der Waals surface area (Å²) < 4.78 is 9.83. The van der Waals surface area contributed by atoms with E-state index in [1.54, 1.807) is 12.2 Å². The van der Waals surface area contributed by atoms with Gasteiger partial charge in [0.15, 0.2) is 0 Å². The van der Waals surface area contributed by atoms with Gasteiger partial charge in [-0.05, 0) is 12.0 Å². The minimum absolute atomic E-state index is 0.134. The van der Waals surface area contributed by atoms with E-state index in [0.29, 0.717) is 12.7 Å². The molecule has 0 radical (unpaired) electrons. The van der Waals surface area contributed by atoms with Gasteiger partial charge in [0.05, 0.1) is 25.0 Å². The van der Waals surface area contributed by atoms with Crippen molar-refractivity contribution in [1.29, 1.82) is 0 Å². The lowest BCUT2D eigenvalue weighted by Crippen LogP contribution is -2.46. The second-order valence-corrected chi connectivity index (χ2v) is 5.24. The molecule has 0 aromatic heterocycles. The van der Waals surface area contributed by atoms with Crippen LogP contribution in [0.15, 0.2) is 42.5 Å². The van der Waals surface area contributed by atoms with Crippen LogP contribution in [0.3, 0.4) is 0 Å². The Kier molecular flexibility index (Phi) is 5.91. The third-order valence-corrected chi connectivity index (χ3v) is 3.77. The zero-order valence-corrected chi connectivity index (χ0v) is 12.8. The number of ether oxygens (including phenoxy) is 2. The summed E-state index contributed by atoms with van der Waals surface area (Å²) in [5, 5.41) is 2.61. The average molecular weight is 317 g/mol. The third-order valence-electron chi connectivity index (χ3n) is 3.77. The molecule has 0 bridgehead atoms. The topological polar surface area (TPSA) is 81.7 Å². The van der Waals surface area contributed by atoms with Crippen molar-refractivity contribution in [2.45, 2.75) is 19.1 Å². The van der Waals surface area contributed by atoms with Gasteiger partial charge in [-0.1, -0.05) is 42.5 Å². The van der Waals surface area contributed by atoms with E-state index in [0.717, 1.165) is 5.56 Å². The van der Waals surface area contributed by atoms with Crippen molar-refractivity contribution in [3.8, 4) is 0 Å². The normalized spacial score (nSPS) is 22.9. The number of amides is 1. The number of hydrogen-bond acceptors (Lipinski definition) is 5. The molecule has 2 rings (SSSR count). The van der Waals surface area contributed by atoms with Crippen LogP contribution in [0.4, 0.5) is 4.79 Å². The molecule has 3 atom stereocenters. The second kappa shape index (κ2) is 8.12. The van der Waals surface area contributed by atoms with Crippen molar-refractivity contribution >= 4 is 18.3 Å². The quantitative estimate of drug-likeness (QED) is 0.509. The number of rotatable bonds is 5. The Bertz CT molecular complexity index is 584. The molecule has 23 heavy (non-hydrogen) atoms. The van der Waals surface area contributed by atoms with Crippen LogP contribution < -0.4 is 5.32 Å². The first kappa shape index (κ1) is 16.7. The first-order chi connectivity index (χ1) is 11.2. The van der Waals surface area contributed by atoms with Gasteiger partial charge in [0.1, 0.15) is 12.9 Å². The lowest BCUT2D eigenvalue weighted by Gasteiger charge is -2.29. The first-order valence-corrected chi connectivity index (χ1v) is 7.32. The first-order valence-electron chi connectivity index (χ1n) is 7.32. The fraction of sp³-hybridized carbons (Fsp3) is 0.353. The molecule has 1 N–H and O–H groups in total. The summed E-state index contributed by atoms with van der Waals surface area (Å²) in [5.74, 6) is -1.73. The fourth-order valence-corrected chi connectivity index (χ4v) is 2.54. The second-order valence-electron chi connectivity index (χ2n) is 5.24. The molecule has 3 unspecified atom stereocenters. The molecule has 6 nitrogen and oxygen atoms in total. The molecule has 0 saturated carbocycles. The highest BCUT2D eigenvalue weighted by Crippen LogP contribution is 2.25. The molecule has 6 heteroatoms. The van der Waals surface area contributed by atoms with Gasteiger partial charge in [-0.2, -0.15) is 0 Å². The van der Waals surface area contributed by atoms with Crippen molar-refractivity contribution in [2.75, 3.05) is 7.11 Å². The maximum Gasteiger partial charge on any atom is 0.407 e. The molecule has 1 aromatic rings. The monoisotopic (exact) mass is 317 g/mol. The van der Waals surface area contributed by atoms with Gasteiger partial charge in [-0.3, -0.25) is 4.79 Å². The van der Waals surface area contributed by atoms with Gasteiger partial charge in [0.25, 0.3) is 0 Å². The number of benzene rings is 1. The van der Waals surface area contributed by atoms with Crippen LogP contribution >= 0.6 is 0 Å². The van der Waals surface area contributed by atoms with Crippen LogP contribution in [-0.2, 0) is 25.7 Å². The van der Waals surface area contributed by atoms with Gasteiger partial charge in [0.2, 0.25) is 0 Å². The lowest BCUT2D eigenvalue weighted by molar-refractivity contribution is -0.149. The molecule has 1 aromatic carbocycles. The van der Waals surface area contributed by atoms with Crippen LogP contribution in [-0.4, -0.2) is 31.5 Å². The zero-order valence-electron chi connectivity index (χ0n) is 12.8. The lowest BCUT2D eigenvalue weighted by atomic mass is 9.80. The number of methoxy groups -OCH3 is 1. The van der Waals surface area contributed by atoms with Crippen LogP contribution in [0, 0.1) is 11.8 Å². The number of carbonyl (C=O) groups is 3. The van der Waals surface area contributed by atoms with E-state index in [9.17, 15) is 14.4 Å². The number of nitrogens with one attached hydrogen (secondary N) is 1. The predicted octanol–water partition coefficient (Wildman–Crippen LogP) is 1.85. The average Bonchev–Trinajstić information content (AvgIpc) is 2.60. The van der Waals surface area contributed by atoms with E-state index in [1.807, 2.05) is 30.3 Å². The summed E-state index contributed by atoms with van der Waals surface area (Å²) in [6, 6.07) is 8.67. The highest BCUT2D eigenvalue weighted by atomic mass is 16.5. The molecule has 0 heterocycles. The van der Waals surface area contributed by atoms with Gasteiger partial charge in [0, 0.05) is 0 Å². The van der Waals surface area contributed by atoms with Crippen molar-refractivity contribution in [3.63, 3.8) is 0 Å². The molecule has 1 aliphatic rings. The predicted molar refractivity (Wildman–Crippen MR) is 82.4 cm³/mol. The van der Waals surface area contributed by atoms with E-state index >= 15 is 0 Å². The van der Waals surface area contributed by atoms with E-state index in [4.69, 9.17) is 9.47 Å². The van der Waals surface area contributed by atoms with E-state index in [1.165, 1.54) is 7.11 Å². The molecule has 0 spiro atoms. The zero-order chi connectivity index (χ0) is 16.7. The van der Waals surface area contributed by atoms with Crippen molar-refractivity contribution in [3.05, 3.63) is 48.0 Å². The molecule has 0 saturated heterocycles. The van der Waals surface area contributed by atoms with Crippen LogP contribution in [0.5, 0.6) is 0 Å². The maximum absolute atomic E-state index is 11.9. The SMILES string of the molecule is COC(=O)C1CC=CC(NC(=O)OCc2ccccc2)C1C=O. The standard InChI is InChI=1S/C17H19NO5/c1-22-16(20)13-8-5-9-15(14(13)10-19)18-17(21)23-11-12-6-3-2-4-7-12/h2-7,9-10,13-15H,8,11H2,1H3,(H,18,21). The van der Waals surface area contributed by atoms with Gasteiger partial charge < -0.3 is 19.6 Å². The number of carbonyl (C=O) groups excluding carboxylic acids is 3. The van der Waals surface area contributed by atoms with E-state index in [2.05, 4.69) is 5.32 Å². The number of hydrogen-bond donors (Lipinski definition) is 1. The Labute approximate surface area is 134 Å². The Morgan fingerprint density at radius 3 is 2.70 bits per heavy atom. The highest BCUT2D eigenvalue weighted by molar-refractivity contribution is 5.79. The Hall–Kier alpha value is -2.63. The van der Waals surface area contributed by atoms with Gasteiger partial charge in [-0.15, -0.1) is 0 Å². The molecule has 0 aliphatic heterocycles. The molecular weight excluding hydrogens is 298 g/mol. The molecule has 1 amide bonds. The summed E-state index contributed by atoms with van der Waals surface area (Å²) in [6.07, 6.45) is 3.90. The molecule has 122 valence electrons. The third kappa shape index (κ3) is 4.42. The minimum atomic E-state index is -0.670. The van der Waals surface area contributed by atoms with Crippen LogP contribution in [0.1, 0.15) is 12.0 Å². The summed E-state index contributed by atoms with van der Waals surface area (Å²) in [6.45, 7) is 0.134. The summed E-state index contributed by atoms with van der Waals surface area (Å²) in [7, 11) is 1.28. The van der Waals surface area contributed by atoms with Gasteiger partial charge >= 0.3 is 12.1 Å². The largest absolute Gasteiger partial charge is 0.469 e. The maximum atomic E-state index is 11.9. The summed E-state index contributed by atoms with van der Waals surface area (Å²) >= 11 is 0. The van der Waals surface area contributed by atoms with Crippen molar-refractivity contribution < 1.29 is 23.9 Å². The molecule has 0 fully saturated rings. The molecular formula is C17H19NO5. The highest BCUT2D eigenvalue weighted by Gasteiger charge is 2.36. The minimum Gasteiger partial charge on any atom is -0.469 e. The Morgan fingerprint density at radius 1 is 1.30 bits per heavy atom. The Balaban J connectivity index is 1.93. The smallest absolute Gasteiger partial charge is 0.407 e. The van der Waals surface area contributed by atoms with Crippen LogP contribution in [0.2, 0.25) is 0 Å². The number of aldehydes is 1. The van der Waals surface area contributed by atoms with E-state index in [-0.39, 0.29) is 6.61 Å². The number of alkyl carbamates (subject to hydrolysis) is 1. The molecule has 1 aliphatic carbocycles. The fourth-order valence-electron chi connectivity index (χ4n) is 2.54.